The third-order valence-electron chi connectivity index (χ3n) is 1.60. The van der Waals surface area contributed by atoms with E-state index in [1.807, 2.05) is 0 Å². The van der Waals surface area contributed by atoms with Gasteiger partial charge in [0.15, 0.2) is 0 Å². The number of para-hydroxylation sites is 1. The molecule has 0 saturated carbocycles. The van der Waals surface area contributed by atoms with Crippen molar-refractivity contribution in [2.24, 2.45) is 0 Å². The average Bonchev–Trinajstić information content (AvgIpc) is 2.13. The van der Waals surface area contributed by atoms with Crippen LogP contribution in [0.5, 0.6) is 5.75 Å². The van der Waals surface area contributed by atoms with E-state index in [2.05, 4.69) is 0 Å². The van der Waals surface area contributed by atoms with Crippen LogP contribution in [0.15, 0.2) is 29.2 Å². The van der Waals surface area contributed by atoms with Gasteiger partial charge < -0.3 is 14.4 Å². The molecular formula is C9H11NaO5S. The second-order valence-electron chi connectivity index (χ2n) is 3.06. The molecule has 1 N–H and O–H groups in total. The molecule has 5 nitrogen and oxygen atoms in total. The number of hydrogen-bond donors (Lipinski definition) is 1. The van der Waals surface area contributed by atoms with Crippen LogP contribution in [0, 0.1) is 0 Å². The predicted molar refractivity (Wildman–Crippen MR) is 51.6 cm³/mol. The number of ether oxygens (including phenoxy) is 1. The van der Waals surface area contributed by atoms with Gasteiger partial charge in [-0.3, -0.25) is 0 Å². The number of hydrogen-bond acceptors (Lipinski definition) is 5. The summed E-state index contributed by atoms with van der Waals surface area (Å²) in [4.78, 5) is -0.411. The van der Waals surface area contributed by atoms with Crippen molar-refractivity contribution in [2.75, 3.05) is 6.61 Å². The molecular weight excluding hydrogens is 243 g/mol. The van der Waals surface area contributed by atoms with Gasteiger partial charge in [0.25, 0.3) is 0 Å². The molecule has 0 heterocycles. The fraction of sp³-hybridized carbons (Fsp3) is 0.333. The zero-order valence-electron chi connectivity index (χ0n) is 9.08. The van der Waals surface area contributed by atoms with Gasteiger partial charge in [-0.1, -0.05) is 12.1 Å². The molecule has 0 fully saturated rings. The van der Waals surface area contributed by atoms with Gasteiger partial charge in [-0.15, -0.1) is 0 Å². The van der Waals surface area contributed by atoms with Crippen molar-refractivity contribution in [3.63, 3.8) is 0 Å². The maximum absolute atomic E-state index is 10.8. The Hall–Kier alpha value is -0.110. The number of aliphatic hydroxyl groups is 1. The number of aliphatic hydroxyl groups excluding tert-OH is 1. The van der Waals surface area contributed by atoms with E-state index < -0.39 is 21.1 Å². The van der Waals surface area contributed by atoms with Gasteiger partial charge in [0, 0.05) is 0 Å². The number of benzene rings is 1. The predicted octanol–water partition coefficient (Wildman–Crippen LogP) is -2.65. The van der Waals surface area contributed by atoms with Crippen molar-refractivity contribution in [2.45, 2.75) is 17.9 Å². The van der Waals surface area contributed by atoms with Crippen LogP contribution in [0.25, 0.3) is 0 Å². The van der Waals surface area contributed by atoms with Crippen molar-refractivity contribution >= 4 is 10.1 Å². The topological polar surface area (TPSA) is 86.7 Å². The first-order chi connectivity index (χ1) is 6.91. The molecule has 1 atom stereocenters. The van der Waals surface area contributed by atoms with Crippen LogP contribution in [0.4, 0.5) is 0 Å². The van der Waals surface area contributed by atoms with Gasteiger partial charge in [0.05, 0.1) is 11.0 Å². The Balaban J connectivity index is 0.00000225. The van der Waals surface area contributed by atoms with Crippen molar-refractivity contribution in [1.29, 1.82) is 0 Å². The molecule has 0 aliphatic rings. The fourth-order valence-electron chi connectivity index (χ4n) is 0.986. The Kier molecular flexibility index (Phi) is 6.54. The van der Waals surface area contributed by atoms with Gasteiger partial charge in [0.1, 0.15) is 22.5 Å². The summed E-state index contributed by atoms with van der Waals surface area (Å²) in [5.41, 5.74) is 0. The number of rotatable bonds is 4. The Labute approximate surface area is 116 Å². The van der Waals surface area contributed by atoms with E-state index in [1.54, 1.807) is 6.07 Å². The van der Waals surface area contributed by atoms with Gasteiger partial charge in [0.2, 0.25) is 0 Å². The van der Waals surface area contributed by atoms with E-state index in [4.69, 9.17) is 9.84 Å². The van der Waals surface area contributed by atoms with E-state index in [0.29, 0.717) is 0 Å². The van der Waals surface area contributed by atoms with Crippen LogP contribution < -0.4 is 34.3 Å². The standard InChI is InChI=1S/C9H12O5S.Na/c1-7(10)6-14-8-4-2-3-5-9(8)15(11,12)13;/h2-5,7,10H,6H2,1H3,(H,11,12,13);/q;+1/p-1. The summed E-state index contributed by atoms with van der Waals surface area (Å²) in [6, 6.07) is 5.51. The summed E-state index contributed by atoms with van der Waals surface area (Å²) < 4.78 is 37.4. The van der Waals surface area contributed by atoms with Crippen LogP contribution >= 0.6 is 0 Å². The summed E-state index contributed by atoms with van der Waals surface area (Å²) in [5, 5.41) is 8.95. The van der Waals surface area contributed by atoms with Crippen molar-refractivity contribution in [3.05, 3.63) is 24.3 Å². The molecule has 1 aromatic carbocycles. The van der Waals surface area contributed by atoms with Crippen LogP contribution in [0.3, 0.4) is 0 Å². The van der Waals surface area contributed by atoms with E-state index in [0.717, 1.165) is 0 Å². The Morgan fingerprint density at radius 1 is 1.44 bits per heavy atom. The molecule has 0 saturated heterocycles. The molecule has 1 rings (SSSR count). The van der Waals surface area contributed by atoms with E-state index >= 15 is 0 Å². The molecule has 0 aromatic heterocycles. The van der Waals surface area contributed by atoms with E-state index in [9.17, 15) is 13.0 Å². The van der Waals surface area contributed by atoms with Gasteiger partial charge in [-0.2, -0.15) is 0 Å². The first-order valence-corrected chi connectivity index (χ1v) is 5.68. The molecule has 1 aromatic rings. The van der Waals surface area contributed by atoms with Crippen molar-refractivity contribution in [1.82, 2.24) is 0 Å². The maximum Gasteiger partial charge on any atom is 1.00 e. The quantitative estimate of drug-likeness (QED) is 0.468. The summed E-state index contributed by atoms with van der Waals surface area (Å²) in [5.74, 6) is -0.0339. The summed E-state index contributed by atoms with van der Waals surface area (Å²) >= 11 is 0. The second kappa shape index (κ2) is 6.58. The second-order valence-corrected chi connectivity index (χ2v) is 4.41. The maximum atomic E-state index is 10.8. The monoisotopic (exact) mass is 254 g/mol. The molecule has 16 heavy (non-hydrogen) atoms. The van der Waals surface area contributed by atoms with E-state index in [1.165, 1.54) is 25.1 Å². The first-order valence-electron chi connectivity index (χ1n) is 4.27. The largest absolute Gasteiger partial charge is 1.00 e. The Bertz CT molecular complexity index is 429. The van der Waals surface area contributed by atoms with Gasteiger partial charge in [-0.05, 0) is 19.1 Å². The van der Waals surface area contributed by atoms with Crippen LogP contribution in [0.1, 0.15) is 6.92 Å². The molecule has 84 valence electrons. The zero-order valence-corrected chi connectivity index (χ0v) is 11.9. The molecule has 0 aliphatic carbocycles. The van der Waals surface area contributed by atoms with Crippen molar-refractivity contribution in [3.8, 4) is 5.75 Å². The fourth-order valence-corrected chi connectivity index (χ4v) is 1.60. The smallest absolute Gasteiger partial charge is 0.744 e. The molecule has 1 unspecified atom stereocenters. The minimum absolute atomic E-state index is 0. The summed E-state index contributed by atoms with van der Waals surface area (Å²) in [6.45, 7) is 1.43. The Morgan fingerprint density at radius 2 is 2.00 bits per heavy atom. The molecule has 0 bridgehead atoms. The average molecular weight is 254 g/mol. The summed E-state index contributed by atoms with van der Waals surface area (Å²) in [7, 11) is -4.54. The van der Waals surface area contributed by atoms with E-state index in [-0.39, 0.29) is 41.9 Å². The third-order valence-corrected chi connectivity index (χ3v) is 2.47. The SMILES string of the molecule is CC(O)COc1ccccc1S(=O)(=O)[O-].[Na+]. The van der Waals surface area contributed by atoms with Crippen LogP contribution in [-0.4, -0.2) is 30.8 Å². The van der Waals surface area contributed by atoms with Crippen LogP contribution in [-0.2, 0) is 10.1 Å². The molecule has 7 heteroatoms. The Morgan fingerprint density at radius 3 is 2.50 bits per heavy atom. The minimum atomic E-state index is -4.54. The summed E-state index contributed by atoms with van der Waals surface area (Å²) in [6.07, 6.45) is -0.729. The zero-order chi connectivity index (χ0) is 11.5. The first kappa shape index (κ1) is 15.9. The molecule has 0 spiro atoms. The molecule has 0 amide bonds. The molecule has 0 radical (unpaired) electrons. The van der Waals surface area contributed by atoms with Crippen molar-refractivity contribution < 1.29 is 52.4 Å². The molecule has 0 aliphatic heterocycles. The normalized spacial score (nSPS) is 12.7. The third kappa shape index (κ3) is 4.82. The van der Waals surface area contributed by atoms with Crippen LogP contribution in [0.2, 0.25) is 0 Å². The van der Waals surface area contributed by atoms with Gasteiger partial charge in [-0.25, -0.2) is 8.42 Å². The van der Waals surface area contributed by atoms with Gasteiger partial charge >= 0.3 is 29.6 Å². The minimum Gasteiger partial charge on any atom is -0.744 e.